The van der Waals surface area contributed by atoms with Crippen LogP contribution in [0.5, 0.6) is 0 Å². The lowest BCUT2D eigenvalue weighted by Crippen LogP contribution is -2.55. The number of carbonyl (C=O) groups excluding carboxylic acids is 2. The van der Waals surface area contributed by atoms with E-state index < -0.39 is 23.2 Å². The van der Waals surface area contributed by atoms with Gasteiger partial charge in [-0.2, -0.15) is 8.78 Å². The number of nitrogens with one attached hydrogen (secondary N) is 1. The van der Waals surface area contributed by atoms with Gasteiger partial charge in [0.1, 0.15) is 0 Å². The predicted octanol–water partition coefficient (Wildman–Crippen LogP) is 2.96. The van der Waals surface area contributed by atoms with Gasteiger partial charge in [-0.3, -0.25) is 9.59 Å². The van der Waals surface area contributed by atoms with Crippen LogP contribution in [0.3, 0.4) is 0 Å². The molecule has 24 heavy (non-hydrogen) atoms. The van der Waals surface area contributed by atoms with Crippen LogP contribution in [0.2, 0.25) is 0 Å². The molecule has 1 amide bonds. The number of ketones is 1. The molecular weight excluding hydrogens is 316 g/mol. The number of benzene rings is 2. The third-order valence-corrected chi connectivity index (χ3v) is 4.21. The zero-order valence-electron chi connectivity index (χ0n) is 13.1. The van der Waals surface area contributed by atoms with Gasteiger partial charge in [0.15, 0.2) is 0 Å². The summed E-state index contributed by atoms with van der Waals surface area (Å²) in [6.07, 6.45) is 0. The number of rotatable bonds is 3. The molecule has 3 rings (SSSR count). The summed E-state index contributed by atoms with van der Waals surface area (Å²) in [6.45, 7) is 3.29. The lowest BCUT2D eigenvalue weighted by molar-refractivity contribution is -0.171. The van der Waals surface area contributed by atoms with Crippen LogP contribution in [-0.4, -0.2) is 22.7 Å². The van der Waals surface area contributed by atoms with Crippen LogP contribution >= 0.6 is 0 Å². The second-order valence-electron chi connectivity index (χ2n) is 5.94. The van der Waals surface area contributed by atoms with Crippen molar-refractivity contribution in [1.29, 1.82) is 0 Å². The van der Waals surface area contributed by atoms with E-state index in [2.05, 4.69) is 5.32 Å². The summed E-state index contributed by atoms with van der Waals surface area (Å²) >= 11 is 0. The third-order valence-electron chi connectivity index (χ3n) is 4.21. The molecular formula is C18H15F2NO3. The third kappa shape index (κ3) is 2.06. The van der Waals surface area contributed by atoms with Crippen LogP contribution in [0.1, 0.15) is 27.0 Å². The van der Waals surface area contributed by atoms with E-state index in [1.165, 1.54) is 30.3 Å². The Kier molecular flexibility index (Phi) is 3.53. The van der Waals surface area contributed by atoms with Crippen LogP contribution in [0.15, 0.2) is 42.5 Å². The first-order chi connectivity index (χ1) is 11.2. The normalized spacial score (nSPS) is 19.8. The van der Waals surface area contributed by atoms with Gasteiger partial charge in [-0.05, 0) is 19.4 Å². The Hall–Kier alpha value is -2.60. The van der Waals surface area contributed by atoms with Gasteiger partial charge in [0.25, 0.3) is 5.91 Å². The number of hydrogen-bond donors (Lipinski definition) is 2. The van der Waals surface area contributed by atoms with Crippen molar-refractivity contribution in [3.05, 3.63) is 64.7 Å². The molecule has 0 saturated heterocycles. The van der Waals surface area contributed by atoms with Crippen LogP contribution in [0.4, 0.5) is 14.5 Å². The second kappa shape index (κ2) is 5.21. The largest absolute Gasteiger partial charge is 0.370 e. The minimum Gasteiger partial charge on any atom is -0.370 e. The maximum atomic E-state index is 14.9. The summed E-state index contributed by atoms with van der Waals surface area (Å²) in [5.74, 6) is -7.22. The number of fused-ring (bicyclic) bond motifs is 1. The molecule has 0 aromatic heterocycles. The number of anilines is 1. The van der Waals surface area contributed by atoms with Gasteiger partial charge in [0, 0.05) is 11.1 Å². The number of halogens is 2. The highest BCUT2D eigenvalue weighted by Gasteiger charge is 2.67. The van der Waals surface area contributed by atoms with E-state index in [4.69, 9.17) is 0 Å². The molecule has 0 radical (unpaired) electrons. The SMILES string of the molecule is Cc1cc(C)c2c(c1)C(O)(C(F)(F)C(=O)c1ccccc1)C(=O)N2. The van der Waals surface area contributed by atoms with Crippen molar-refractivity contribution in [1.82, 2.24) is 0 Å². The van der Waals surface area contributed by atoms with Gasteiger partial charge < -0.3 is 10.4 Å². The zero-order chi connectivity index (χ0) is 17.7. The second-order valence-corrected chi connectivity index (χ2v) is 5.94. The highest BCUT2D eigenvalue weighted by atomic mass is 19.3. The van der Waals surface area contributed by atoms with E-state index in [1.807, 2.05) is 0 Å². The smallest absolute Gasteiger partial charge is 0.351 e. The first-order valence-corrected chi connectivity index (χ1v) is 7.33. The van der Waals surface area contributed by atoms with Crippen molar-refractivity contribution >= 4 is 17.4 Å². The highest BCUT2D eigenvalue weighted by Crippen LogP contribution is 2.48. The Morgan fingerprint density at radius 2 is 1.79 bits per heavy atom. The summed E-state index contributed by atoms with van der Waals surface area (Å²) in [7, 11) is 0. The van der Waals surface area contributed by atoms with E-state index >= 15 is 0 Å². The standard InChI is InChI=1S/C18H15F2NO3/c1-10-8-11(2)14-13(9-10)17(24,16(23)21-14)18(19,20)15(22)12-6-4-3-5-7-12/h3-9,24H,1-2H3,(H,21,23). The van der Waals surface area contributed by atoms with Crippen LogP contribution in [-0.2, 0) is 10.4 Å². The number of aliphatic hydroxyl groups is 1. The molecule has 2 aromatic rings. The molecule has 1 aliphatic heterocycles. The molecule has 1 unspecified atom stereocenters. The Morgan fingerprint density at radius 1 is 1.17 bits per heavy atom. The van der Waals surface area contributed by atoms with Crippen molar-refractivity contribution in [2.75, 3.05) is 5.32 Å². The van der Waals surface area contributed by atoms with Crippen molar-refractivity contribution in [2.24, 2.45) is 0 Å². The molecule has 0 aliphatic carbocycles. The summed E-state index contributed by atoms with van der Waals surface area (Å²) in [5.41, 5.74) is -2.54. The lowest BCUT2D eigenvalue weighted by atomic mass is 9.83. The van der Waals surface area contributed by atoms with Crippen LogP contribution in [0.25, 0.3) is 0 Å². The molecule has 1 atom stereocenters. The lowest BCUT2D eigenvalue weighted by Gasteiger charge is -2.29. The molecule has 4 nitrogen and oxygen atoms in total. The number of amides is 1. The first kappa shape index (κ1) is 16.3. The number of aryl methyl sites for hydroxylation is 2. The molecule has 0 saturated carbocycles. The first-order valence-electron chi connectivity index (χ1n) is 7.33. The van der Waals surface area contributed by atoms with E-state index in [9.17, 15) is 23.5 Å². The van der Waals surface area contributed by atoms with E-state index in [-0.39, 0.29) is 16.8 Å². The summed E-state index contributed by atoms with van der Waals surface area (Å²) in [5, 5.41) is 12.9. The summed E-state index contributed by atoms with van der Waals surface area (Å²) in [6, 6.07) is 9.88. The maximum Gasteiger partial charge on any atom is 0.351 e. The van der Waals surface area contributed by atoms with Gasteiger partial charge in [-0.15, -0.1) is 0 Å². The molecule has 2 aromatic carbocycles. The molecule has 0 fully saturated rings. The number of Topliss-reactive ketones (excluding diaryl/α,β-unsaturated/α-hetero) is 1. The van der Waals surface area contributed by atoms with Gasteiger partial charge in [-0.1, -0.05) is 48.0 Å². The van der Waals surface area contributed by atoms with Gasteiger partial charge in [-0.25, -0.2) is 0 Å². The van der Waals surface area contributed by atoms with E-state index in [1.54, 1.807) is 26.0 Å². The molecule has 2 N–H and O–H groups in total. The van der Waals surface area contributed by atoms with Gasteiger partial charge >= 0.3 is 5.92 Å². The summed E-state index contributed by atoms with van der Waals surface area (Å²) in [4.78, 5) is 24.5. The average molecular weight is 331 g/mol. The Labute approximate surface area is 137 Å². The zero-order valence-corrected chi connectivity index (χ0v) is 13.1. The molecule has 1 heterocycles. The van der Waals surface area contributed by atoms with Crippen molar-refractivity contribution in [3.8, 4) is 0 Å². The topological polar surface area (TPSA) is 66.4 Å². The fraction of sp³-hybridized carbons (Fsp3) is 0.222. The number of alkyl halides is 2. The fourth-order valence-corrected chi connectivity index (χ4v) is 2.99. The Balaban J connectivity index is 2.18. The molecule has 1 aliphatic rings. The van der Waals surface area contributed by atoms with E-state index in [0.29, 0.717) is 11.1 Å². The van der Waals surface area contributed by atoms with Gasteiger partial charge in [0.05, 0.1) is 5.69 Å². The maximum absolute atomic E-state index is 14.9. The Morgan fingerprint density at radius 3 is 2.42 bits per heavy atom. The molecule has 124 valence electrons. The van der Waals surface area contributed by atoms with Crippen LogP contribution < -0.4 is 5.32 Å². The minimum absolute atomic E-state index is 0.119. The average Bonchev–Trinajstić information content (AvgIpc) is 2.81. The van der Waals surface area contributed by atoms with E-state index in [0.717, 1.165) is 0 Å². The number of carbonyl (C=O) groups is 2. The Bertz CT molecular complexity index is 849. The quantitative estimate of drug-likeness (QED) is 0.850. The van der Waals surface area contributed by atoms with Gasteiger partial charge in [0.2, 0.25) is 11.4 Å². The van der Waals surface area contributed by atoms with Crippen molar-refractivity contribution < 1.29 is 23.5 Å². The fourth-order valence-electron chi connectivity index (χ4n) is 2.99. The number of hydrogen-bond acceptors (Lipinski definition) is 3. The molecule has 6 heteroatoms. The predicted molar refractivity (Wildman–Crippen MR) is 84.2 cm³/mol. The molecule has 0 spiro atoms. The van der Waals surface area contributed by atoms with Crippen molar-refractivity contribution in [2.45, 2.75) is 25.4 Å². The van der Waals surface area contributed by atoms with Crippen LogP contribution in [0, 0.1) is 13.8 Å². The molecule has 0 bridgehead atoms. The minimum atomic E-state index is -4.32. The monoisotopic (exact) mass is 331 g/mol. The highest BCUT2D eigenvalue weighted by molar-refractivity contribution is 6.13. The van der Waals surface area contributed by atoms with Crippen molar-refractivity contribution in [3.63, 3.8) is 0 Å². The summed E-state index contributed by atoms with van der Waals surface area (Å²) < 4.78 is 29.8.